The molecule has 1 aromatic rings. The van der Waals surface area contributed by atoms with Crippen LogP contribution in [-0.2, 0) is 14.3 Å². The number of hydrogen-bond donors (Lipinski definition) is 0. The Balaban J connectivity index is 2.06. The first kappa shape index (κ1) is 17.8. The molecule has 0 aromatic heterocycles. The number of hydrogen-bond acceptors (Lipinski definition) is 5. The Bertz CT molecular complexity index is 478. The van der Waals surface area contributed by atoms with E-state index in [4.69, 9.17) is 14.2 Å². The molecule has 0 N–H and O–H groups in total. The van der Waals surface area contributed by atoms with Crippen molar-refractivity contribution in [2.45, 2.75) is 32.6 Å². The third-order valence-electron chi connectivity index (χ3n) is 2.80. The molecule has 0 amide bonds. The third-order valence-corrected chi connectivity index (χ3v) is 2.80. The molecule has 0 bridgehead atoms. The number of carbonyl (C=O) groups is 2. The van der Waals surface area contributed by atoms with Gasteiger partial charge in [-0.3, -0.25) is 4.79 Å². The van der Waals surface area contributed by atoms with E-state index in [9.17, 15) is 9.59 Å². The maximum Gasteiger partial charge on any atom is 0.330 e. The molecule has 22 heavy (non-hydrogen) atoms. The predicted molar refractivity (Wildman–Crippen MR) is 82.9 cm³/mol. The van der Waals surface area contributed by atoms with E-state index in [-0.39, 0.29) is 11.9 Å². The van der Waals surface area contributed by atoms with Crippen molar-refractivity contribution in [2.75, 3.05) is 13.2 Å². The lowest BCUT2D eigenvalue weighted by molar-refractivity contribution is -0.138. The van der Waals surface area contributed by atoms with Crippen LogP contribution in [0.5, 0.6) is 11.5 Å². The zero-order valence-electron chi connectivity index (χ0n) is 12.9. The van der Waals surface area contributed by atoms with Gasteiger partial charge >= 0.3 is 11.9 Å². The van der Waals surface area contributed by atoms with Crippen molar-refractivity contribution >= 4 is 11.9 Å². The first-order chi connectivity index (χ1) is 10.6. The number of carbonyl (C=O) groups excluding carboxylic acids is 2. The van der Waals surface area contributed by atoms with Gasteiger partial charge in [-0.25, -0.2) is 4.79 Å². The molecular weight excluding hydrogens is 284 g/mol. The molecule has 0 radical (unpaired) electrons. The zero-order valence-corrected chi connectivity index (χ0v) is 12.9. The van der Waals surface area contributed by atoms with Crippen LogP contribution in [0.4, 0.5) is 0 Å². The molecule has 1 aromatic carbocycles. The molecule has 5 nitrogen and oxygen atoms in total. The molecule has 0 atom stereocenters. The van der Waals surface area contributed by atoms with E-state index >= 15 is 0 Å². The van der Waals surface area contributed by atoms with Crippen LogP contribution >= 0.6 is 0 Å². The van der Waals surface area contributed by atoms with Crippen LogP contribution in [0.15, 0.2) is 36.9 Å². The summed E-state index contributed by atoms with van der Waals surface area (Å²) in [6, 6.07) is 6.94. The maximum atomic E-state index is 10.8. The van der Waals surface area contributed by atoms with Crippen LogP contribution in [-0.4, -0.2) is 25.2 Å². The lowest BCUT2D eigenvalue weighted by Gasteiger charge is -2.07. The summed E-state index contributed by atoms with van der Waals surface area (Å²) in [6.45, 7) is 5.75. The second kappa shape index (κ2) is 10.4. The summed E-state index contributed by atoms with van der Waals surface area (Å²) < 4.78 is 15.4. The average molecular weight is 306 g/mol. The van der Waals surface area contributed by atoms with Gasteiger partial charge in [-0.15, -0.1) is 0 Å². The fraction of sp³-hybridized carbons (Fsp3) is 0.412. The Labute approximate surface area is 130 Å². The number of esters is 2. The van der Waals surface area contributed by atoms with E-state index in [0.29, 0.717) is 19.0 Å². The van der Waals surface area contributed by atoms with Gasteiger partial charge in [0.2, 0.25) is 0 Å². The minimum Gasteiger partial charge on any atom is -0.494 e. The number of unbranched alkanes of at least 4 members (excludes halogenated alkanes) is 3. The van der Waals surface area contributed by atoms with E-state index in [1.165, 1.54) is 13.0 Å². The molecule has 1 rings (SSSR count). The third kappa shape index (κ3) is 8.09. The quantitative estimate of drug-likeness (QED) is 0.287. The van der Waals surface area contributed by atoms with Crippen LogP contribution in [0, 0.1) is 0 Å². The van der Waals surface area contributed by atoms with Crippen molar-refractivity contribution in [1.29, 1.82) is 0 Å². The summed E-state index contributed by atoms with van der Waals surface area (Å²) in [6.07, 6.45) is 4.94. The molecule has 0 aliphatic carbocycles. The normalized spacial score (nSPS) is 9.86. The van der Waals surface area contributed by atoms with Gasteiger partial charge in [-0.2, -0.15) is 0 Å². The molecule has 5 heteroatoms. The summed E-state index contributed by atoms with van der Waals surface area (Å²) >= 11 is 0. The van der Waals surface area contributed by atoms with E-state index in [1.54, 1.807) is 24.3 Å². The van der Waals surface area contributed by atoms with Gasteiger partial charge in [0.15, 0.2) is 0 Å². The van der Waals surface area contributed by atoms with Crippen molar-refractivity contribution in [3.8, 4) is 11.5 Å². The standard InChI is InChI=1S/C17H22O5/c1-3-17(19)21-13-7-5-4-6-12-20-15-8-10-16(11-9-15)22-14(2)18/h3,8-11H,1,4-7,12-13H2,2H3. The smallest absolute Gasteiger partial charge is 0.330 e. The molecule has 0 heterocycles. The predicted octanol–water partition coefficient (Wildman–Crippen LogP) is 3.28. The number of benzene rings is 1. The monoisotopic (exact) mass is 306 g/mol. The van der Waals surface area contributed by atoms with Gasteiger partial charge in [0.05, 0.1) is 13.2 Å². The fourth-order valence-electron chi connectivity index (χ4n) is 1.75. The van der Waals surface area contributed by atoms with Gasteiger partial charge < -0.3 is 14.2 Å². The van der Waals surface area contributed by atoms with Crippen molar-refractivity contribution in [3.63, 3.8) is 0 Å². The molecule has 0 aliphatic heterocycles. The minimum atomic E-state index is -0.375. The Morgan fingerprint density at radius 3 is 2.18 bits per heavy atom. The highest BCUT2D eigenvalue weighted by Gasteiger charge is 1.99. The van der Waals surface area contributed by atoms with Crippen LogP contribution in [0.25, 0.3) is 0 Å². The maximum absolute atomic E-state index is 10.8. The Morgan fingerprint density at radius 2 is 1.59 bits per heavy atom. The van der Waals surface area contributed by atoms with Gasteiger partial charge in [0.1, 0.15) is 11.5 Å². The average Bonchev–Trinajstić information content (AvgIpc) is 2.50. The summed E-state index contributed by atoms with van der Waals surface area (Å²) in [7, 11) is 0. The van der Waals surface area contributed by atoms with Crippen molar-refractivity contribution in [3.05, 3.63) is 36.9 Å². The molecular formula is C17H22O5. The molecule has 0 spiro atoms. The van der Waals surface area contributed by atoms with E-state index < -0.39 is 0 Å². The summed E-state index contributed by atoms with van der Waals surface area (Å²) in [4.78, 5) is 21.6. The number of rotatable bonds is 10. The summed E-state index contributed by atoms with van der Waals surface area (Å²) in [5.74, 6) is 0.540. The van der Waals surface area contributed by atoms with E-state index in [1.807, 2.05) is 0 Å². The molecule has 120 valence electrons. The number of ether oxygens (including phenoxy) is 3. The highest BCUT2D eigenvalue weighted by atomic mass is 16.5. The first-order valence-electron chi connectivity index (χ1n) is 7.32. The SMILES string of the molecule is C=CC(=O)OCCCCCCOc1ccc(OC(C)=O)cc1. The Kier molecular flexibility index (Phi) is 8.42. The van der Waals surface area contributed by atoms with Crippen molar-refractivity contribution in [1.82, 2.24) is 0 Å². The molecule has 0 saturated heterocycles. The van der Waals surface area contributed by atoms with Crippen LogP contribution < -0.4 is 9.47 Å². The van der Waals surface area contributed by atoms with E-state index in [0.717, 1.165) is 31.4 Å². The topological polar surface area (TPSA) is 61.8 Å². The second-order valence-electron chi connectivity index (χ2n) is 4.70. The second-order valence-corrected chi connectivity index (χ2v) is 4.70. The summed E-state index contributed by atoms with van der Waals surface area (Å²) in [5.41, 5.74) is 0. The minimum absolute atomic E-state index is 0.340. The Hall–Kier alpha value is -2.30. The first-order valence-corrected chi connectivity index (χ1v) is 7.32. The highest BCUT2D eigenvalue weighted by Crippen LogP contribution is 2.18. The van der Waals surface area contributed by atoms with Gasteiger partial charge in [-0.05, 0) is 49.9 Å². The molecule has 0 unspecified atom stereocenters. The van der Waals surface area contributed by atoms with E-state index in [2.05, 4.69) is 6.58 Å². The lowest BCUT2D eigenvalue weighted by Crippen LogP contribution is -2.02. The van der Waals surface area contributed by atoms with Gasteiger partial charge in [0.25, 0.3) is 0 Å². The van der Waals surface area contributed by atoms with Gasteiger partial charge in [0, 0.05) is 13.0 Å². The zero-order chi connectivity index (χ0) is 16.2. The summed E-state index contributed by atoms with van der Waals surface area (Å²) in [5, 5.41) is 0. The highest BCUT2D eigenvalue weighted by molar-refractivity contribution is 5.81. The fourth-order valence-corrected chi connectivity index (χ4v) is 1.75. The molecule has 0 saturated carbocycles. The van der Waals surface area contributed by atoms with Crippen LogP contribution in [0.3, 0.4) is 0 Å². The largest absolute Gasteiger partial charge is 0.494 e. The molecule has 0 aliphatic rings. The molecule has 0 fully saturated rings. The Morgan fingerprint density at radius 1 is 1.00 bits per heavy atom. The van der Waals surface area contributed by atoms with Crippen molar-refractivity contribution < 1.29 is 23.8 Å². The van der Waals surface area contributed by atoms with Gasteiger partial charge in [-0.1, -0.05) is 6.58 Å². The lowest BCUT2D eigenvalue weighted by atomic mass is 10.2. The van der Waals surface area contributed by atoms with Crippen LogP contribution in [0.2, 0.25) is 0 Å². The van der Waals surface area contributed by atoms with Crippen molar-refractivity contribution in [2.24, 2.45) is 0 Å². The van der Waals surface area contributed by atoms with Crippen LogP contribution in [0.1, 0.15) is 32.6 Å².